The lowest BCUT2D eigenvalue weighted by atomic mass is 9.85. The van der Waals surface area contributed by atoms with Crippen molar-refractivity contribution in [1.29, 1.82) is 0 Å². The number of benzene rings is 4. The second-order valence-electron chi connectivity index (χ2n) is 16.6. The van der Waals surface area contributed by atoms with Gasteiger partial charge in [-0.3, -0.25) is 0 Å². The van der Waals surface area contributed by atoms with Crippen molar-refractivity contribution >= 4 is 43.6 Å². The predicted octanol–water partition coefficient (Wildman–Crippen LogP) is 11.4. The third-order valence-corrected chi connectivity index (χ3v) is 9.14. The van der Waals surface area contributed by atoms with Crippen molar-refractivity contribution in [3.05, 3.63) is 95.1 Å². The van der Waals surface area contributed by atoms with Crippen molar-refractivity contribution in [2.75, 3.05) is 0 Å². The van der Waals surface area contributed by atoms with E-state index in [4.69, 9.17) is 0 Å². The molecule has 0 radical (unpaired) electrons. The van der Waals surface area contributed by atoms with Gasteiger partial charge < -0.3 is 0 Å². The van der Waals surface area contributed by atoms with Crippen LogP contribution in [-0.2, 0) is 21.7 Å². The molecule has 0 spiro atoms. The summed E-state index contributed by atoms with van der Waals surface area (Å²) in [6, 6.07) is 28.4. The summed E-state index contributed by atoms with van der Waals surface area (Å²) in [5, 5.41) is 5.26. The Morgan fingerprint density at radius 3 is 0.667 bits per heavy atom. The standard InChI is InChI=1S/C40H48N2/c1-37(2,3)25-13-17-33-29(21-25)30-22-26(38(4,5)6)14-18-34(30)41(33)42-35-19-15-27(39(7,8)9)23-31(35)32-24-28(40(10,11)12)16-20-36(32)42/h13-24H,1-12H3. The molecule has 0 fully saturated rings. The van der Waals surface area contributed by atoms with Gasteiger partial charge in [-0.05, 0) is 92.4 Å². The molecule has 0 aliphatic carbocycles. The zero-order valence-corrected chi connectivity index (χ0v) is 27.8. The van der Waals surface area contributed by atoms with Gasteiger partial charge in [0, 0.05) is 21.5 Å². The average molecular weight is 557 g/mol. The molecule has 0 aliphatic rings. The van der Waals surface area contributed by atoms with E-state index in [0.717, 1.165) is 0 Å². The summed E-state index contributed by atoms with van der Waals surface area (Å²) in [7, 11) is 0. The zero-order chi connectivity index (χ0) is 30.6. The van der Waals surface area contributed by atoms with Crippen LogP contribution in [-0.4, -0.2) is 9.35 Å². The van der Waals surface area contributed by atoms with Crippen molar-refractivity contribution in [2.45, 2.75) is 105 Å². The van der Waals surface area contributed by atoms with Crippen LogP contribution < -0.4 is 0 Å². The van der Waals surface area contributed by atoms with Crippen LogP contribution in [0.4, 0.5) is 0 Å². The fourth-order valence-electron chi connectivity index (χ4n) is 6.30. The molecule has 0 saturated heterocycles. The maximum absolute atomic E-state index is 2.47. The minimum absolute atomic E-state index is 0.0732. The van der Waals surface area contributed by atoms with Crippen LogP contribution in [0, 0.1) is 0 Å². The molecule has 4 aromatic carbocycles. The molecule has 0 amide bonds. The Bertz CT molecular complexity index is 1710. The van der Waals surface area contributed by atoms with Crippen molar-refractivity contribution < 1.29 is 0 Å². The first-order valence-electron chi connectivity index (χ1n) is 15.5. The smallest absolute Gasteiger partial charge is 0.0716 e. The van der Waals surface area contributed by atoms with E-state index < -0.39 is 0 Å². The van der Waals surface area contributed by atoms with Crippen molar-refractivity contribution in [3.8, 4) is 0 Å². The summed E-state index contributed by atoms with van der Waals surface area (Å²) in [6.45, 7) is 27.7. The lowest BCUT2D eigenvalue weighted by Crippen LogP contribution is -2.13. The molecule has 0 N–H and O–H groups in total. The Labute approximate surface area is 252 Å². The van der Waals surface area contributed by atoms with Crippen molar-refractivity contribution in [2.24, 2.45) is 0 Å². The van der Waals surface area contributed by atoms with Crippen LogP contribution in [0.5, 0.6) is 0 Å². The molecule has 2 aromatic heterocycles. The molecule has 42 heavy (non-hydrogen) atoms. The molecular formula is C40H48N2. The molecule has 6 rings (SSSR count). The van der Waals surface area contributed by atoms with E-state index in [1.807, 2.05) is 0 Å². The van der Waals surface area contributed by atoms with E-state index in [2.05, 4.69) is 165 Å². The fourth-order valence-corrected chi connectivity index (χ4v) is 6.30. The van der Waals surface area contributed by atoms with E-state index in [9.17, 15) is 0 Å². The normalized spacial score (nSPS) is 13.7. The Morgan fingerprint density at radius 2 is 0.500 bits per heavy atom. The third kappa shape index (κ3) is 4.55. The maximum Gasteiger partial charge on any atom is 0.0716 e. The molecule has 218 valence electrons. The van der Waals surface area contributed by atoms with Gasteiger partial charge in [-0.2, -0.15) is 0 Å². The molecule has 0 saturated carbocycles. The van der Waals surface area contributed by atoms with E-state index in [1.165, 1.54) is 65.9 Å². The number of rotatable bonds is 1. The Morgan fingerprint density at radius 1 is 0.310 bits per heavy atom. The molecule has 6 aromatic rings. The van der Waals surface area contributed by atoms with E-state index in [1.54, 1.807) is 0 Å². The van der Waals surface area contributed by atoms with Crippen molar-refractivity contribution in [1.82, 2.24) is 9.35 Å². The summed E-state index contributed by atoms with van der Waals surface area (Å²) in [5.41, 5.74) is 10.7. The molecular weight excluding hydrogens is 508 g/mol. The quantitative estimate of drug-likeness (QED) is 0.191. The summed E-state index contributed by atoms with van der Waals surface area (Å²) in [4.78, 5) is 0. The predicted molar refractivity (Wildman–Crippen MR) is 184 cm³/mol. The van der Waals surface area contributed by atoms with Gasteiger partial charge >= 0.3 is 0 Å². The first kappa shape index (κ1) is 28.6. The van der Waals surface area contributed by atoms with Gasteiger partial charge in [-0.25, -0.2) is 9.35 Å². The maximum atomic E-state index is 2.47. The molecule has 2 heterocycles. The first-order valence-corrected chi connectivity index (χ1v) is 15.5. The van der Waals surface area contributed by atoms with E-state index in [0.29, 0.717) is 0 Å². The van der Waals surface area contributed by atoms with Gasteiger partial charge in [0.1, 0.15) is 0 Å². The highest BCUT2D eigenvalue weighted by Gasteiger charge is 2.25. The Hall–Kier alpha value is -3.52. The summed E-state index contributed by atoms with van der Waals surface area (Å²) in [5.74, 6) is 0. The summed E-state index contributed by atoms with van der Waals surface area (Å²) >= 11 is 0. The van der Waals surface area contributed by atoms with Gasteiger partial charge in [0.15, 0.2) is 0 Å². The lowest BCUT2D eigenvalue weighted by molar-refractivity contribution is 0.590. The van der Waals surface area contributed by atoms with Crippen LogP contribution in [0.15, 0.2) is 72.8 Å². The Kier molecular flexibility index (Phi) is 6.12. The zero-order valence-electron chi connectivity index (χ0n) is 27.8. The highest BCUT2D eigenvalue weighted by atomic mass is 15.5. The van der Waals surface area contributed by atoms with Gasteiger partial charge in [0.05, 0.1) is 22.1 Å². The molecule has 0 atom stereocenters. The largest absolute Gasteiger partial charge is 0.248 e. The molecule has 0 unspecified atom stereocenters. The van der Waals surface area contributed by atoms with Crippen LogP contribution in [0.25, 0.3) is 43.6 Å². The first-order chi connectivity index (χ1) is 19.4. The van der Waals surface area contributed by atoms with Crippen LogP contribution in [0.3, 0.4) is 0 Å². The highest BCUT2D eigenvalue weighted by molar-refractivity contribution is 6.12. The Balaban J connectivity index is 1.80. The van der Waals surface area contributed by atoms with E-state index >= 15 is 0 Å². The topological polar surface area (TPSA) is 9.86 Å². The summed E-state index contributed by atoms with van der Waals surface area (Å²) < 4.78 is 4.95. The van der Waals surface area contributed by atoms with Gasteiger partial charge in [0.25, 0.3) is 0 Å². The van der Waals surface area contributed by atoms with Crippen LogP contribution in [0.2, 0.25) is 0 Å². The average Bonchev–Trinajstić information content (AvgIpc) is 3.37. The number of hydrogen-bond acceptors (Lipinski definition) is 0. The molecule has 0 bridgehead atoms. The second kappa shape index (κ2) is 8.99. The van der Waals surface area contributed by atoms with Crippen LogP contribution >= 0.6 is 0 Å². The monoisotopic (exact) mass is 556 g/mol. The third-order valence-electron chi connectivity index (χ3n) is 9.14. The molecule has 0 aliphatic heterocycles. The number of fused-ring (bicyclic) bond motifs is 6. The van der Waals surface area contributed by atoms with Crippen LogP contribution in [0.1, 0.15) is 105 Å². The number of nitrogens with zero attached hydrogens (tertiary/aromatic N) is 2. The molecule has 2 heteroatoms. The lowest BCUT2D eigenvalue weighted by Gasteiger charge is -2.20. The molecule has 2 nitrogen and oxygen atoms in total. The number of hydrogen-bond donors (Lipinski definition) is 0. The second-order valence-corrected chi connectivity index (χ2v) is 16.6. The van der Waals surface area contributed by atoms with E-state index in [-0.39, 0.29) is 21.7 Å². The SMILES string of the molecule is CC(C)(C)c1ccc2c(c1)c1cc(C(C)(C)C)ccc1n2-n1c2ccc(C(C)(C)C)cc2c2cc(C(C)(C)C)ccc21. The van der Waals surface area contributed by atoms with Gasteiger partial charge in [-0.1, -0.05) is 107 Å². The van der Waals surface area contributed by atoms with Gasteiger partial charge in [-0.15, -0.1) is 0 Å². The van der Waals surface area contributed by atoms with Gasteiger partial charge in [0.2, 0.25) is 0 Å². The highest BCUT2D eigenvalue weighted by Crippen LogP contribution is 2.40. The van der Waals surface area contributed by atoms with Crippen molar-refractivity contribution in [3.63, 3.8) is 0 Å². The number of aromatic nitrogens is 2. The fraction of sp³-hybridized carbons (Fsp3) is 0.400. The minimum atomic E-state index is 0.0732. The minimum Gasteiger partial charge on any atom is -0.248 e. The summed E-state index contributed by atoms with van der Waals surface area (Å²) in [6.07, 6.45) is 0.